The van der Waals surface area contributed by atoms with Gasteiger partial charge in [0.05, 0.1) is 20.2 Å². The van der Waals surface area contributed by atoms with Crippen LogP contribution in [0.4, 0.5) is 0 Å². The molecule has 0 aliphatic heterocycles. The molecule has 1 aromatic carbocycles. The van der Waals surface area contributed by atoms with Gasteiger partial charge >= 0.3 is 0 Å². The quantitative estimate of drug-likeness (QED) is 0.628. The minimum absolute atomic E-state index is 0.620. The van der Waals surface area contributed by atoms with Gasteiger partial charge in [-0.15, -0.1) is 11.3 Å². The molecule has 1 aromatic heterocycles. The van der Waals surface area contributed by atoms with Crippen LogP contribution in [0, 0.1) is 13.8 Å². The number of hydrogen-bond donors (Lipinski definition) is 2. The van der Waals surface area contributed by atoms with Crippen LogP contribution in [-0.2, 0) is 13.1 Å². The van der Waals surface area contributed by atoms with E-state index >= 15 is 0 Å². The van der Waals surface area contributed by atoms with E-state index in [9.17, 15) is 0 Å². The van der Waals surface area contributed by atoms with Crippen molar-refractivity contribution in [1.29, 1.82) is 0 Å². The maximum atomic E-state index is 5.37. The molecule has 0 atom stereocenters. The fraction of sp³-hybridized carbons (Fsp3) is 0.389. The molecule has 0 amide bonds. The molecule has 124 valence electrons. The van der Waals surface area contributed by atoms with Crippen LogP contribution in [0.2, 0.25) is 0 Å². The third kappa shape index (κ3) is 5.28. The van der Waals surface area contributed by atoms with E-state index < -0.39 is 0 Å². The summed E-state index contributed by atoms with van der Waals surface area (Å²) < 4.78 is 5.37. The summed E-state index contributed by atoms with van der Waals surface area (Å²) in [7, 11) is 1.70. The summed E-state index contributed by atoms with van der Waals surface area (Å²) in [5, 5.41) is 6.66. The minimum Gasteiger partial charge on any atom is -0.496 e. The Kier molecular flexibility index (Phi) is 6.47. The lowest BCUT2D eigenvalue weighted by Crippen LogP contribution is -2.36. The Labute approximate surface area is 142 Å². The van der Waals surface area contributed by atoms with E-state index in [-0.39, 0.29) is 0 Å². The van der Waals surface area contributed by atoms with Gasteiger partial charge in [0.25, 0.3) is 0 Å². The topological polar surface area (TPSA) is 45.7 Å². The van der Waals surface area contributed by atoms with Crippen molar-refractivity contribution in [1.82, 2.24) is 10.6 Å². The summed E-state index contributed by atoms with van der Waals surface area (Å²) >= 11 is 1.81. The zero-order valence-corrected chi connectivity index (χ0v) is 15.1. The van der Waals surface area contributed by atoms with Crippen molar-refractivity contribution in [3.05, 3.63) is 51.2 Å². The Hall–Kier alpha value is -2.01. The molecule has 4 nitrogen and oxygen atoms in total. The molecule has 0 saturated carbocycles. The SMILES string of the molecule is CCNC(=NCc1ccc(C)c(OC)c1)NCc1ccc(C)s1. The molecule has 0 unspecified atom stereocenters. The van der Waals surface area contributed by atoms with Crippen molar-refractivity contribution >= 4 is 17.3 Å². The summed E-state index contributed by atoms with van der Waals surface area (Å²) in [5.41, 5.74) is 2.27. The molecule has 0 aliphatic carbocycles. The van der Waals surface area contributed by atoms with Crippen LogP contribution in [0.1, 0.15) is 27.8 Å². The average molecular weight is 331 g/mol. The van der Waals surface area contributed by atoms with Gasteiger partial charge in [-0.2, -0.15) is 0 Å². The number of thiophene rings is 1. The second-order valence-electron chi connectivity index (χ2n) is 5.37. The van der Waals surface area contributed by atoms with Gasteiger partial charge in [0.2, 0.25) is 0 Å². The Bertz CT molecular complexity index is 664. The summed E-state index contributed by atoms with van der Waals surface area (Å²) in [6.07, 6.45) is 0. The number of rotatable bonds is 6. The highest BCUT2D eigenvalue weighted by Gasteiger charge is 2.02. The van der Waals surface area contributed by atoms with Gasteiger partial charge in [0.1, 0.15) is 5.75 Å². The molecule has 0 bridgehead atoms. The molecule has 5 heteroatoms. The lowest BCUT2D eigenvalue weighted by atomic mass is 10.1. The van der Waals surface area contributed by atoms with Crippen molar-refractivity contribution in [2.24, 2.45) is 4.99 Å². The van der Waals surface area contributed by atoms with Gasteiger partial charge in [0.15, 0.2) is 5.96 Å². The van der Waals surface area contributed by atoms with Crippen LogP contribution in [0.25, 0.3) is 0 Å². The molecule has 0 fully saturated rings. The third-order valence-corrected chi connectivity index (χ3v) is 4.46. The molecule has 0 radical (unpaired) electrons. The molecule has 23 heavy (non-hydrogen) atoms. The van der Waals surface area contributed by atoms with Gasteiger partial charge in [-0.1, -0.05) is 12.1 Å². The summed E-state index contributed by atoms with van der Waals surface area (Å²) in [4.78, 5) is 7.29. The number of benzene rings is 1. The molecule has 2 aromatic rings. The van der Waals surface area contributed by atoms with Gasteiger partial charge in [0, 0.05) is 16.3 Å². The average Bonchev–Trinajstić information content (AvgIpc) is 2.97. The van der Waals surface area contributed by atoms with E-state index in [0.717, 1.165) is 35.9 Å². The maximum absolute atomic E-state index is 5.37. The van der Waals surface area contributed by atoms with E-state index in [4.69, 9.17) is 4.74 Å². The molecular formula is C18H25N3OS. The second kappa shape index (κ2) is 8.58. The van der Waals surface area contributed by atoms with Gasteiger partial charge < -0.3 is 15.4 Å². The lowest BCUT2D eigenvalue weighted by molar-refractivity contribution is 0.411. The molecule has 0 saturated heterocycles. The second-order valence-corrected chi connectivity index (χ2v) is 6.74. The number of nitrogens with zero attached hydrogens (tertiary/aromatic N) is 1. The Morgan fingerprint density at radius 1 is 1.17 bits per heavy atom. The number of methoxy groups -OCH3 is 1. The minimum atomic E-state index is 0.620. The van der Waals surface area contributed by atoms with E-state index in [0.29, 0.717) is 6.54 Å². The van der Waals surface area contributed by atoms with Gasteiger partial charge in [-0.05, 0) is 50.1 Å². The third-order valence-electron chi connectivity index (χ3n) is 3.46. The number of nitrogens with one attached hydrogen (secondary N) is 2. The molecule has 0 aliphatic rings. The predicted octanol–water partition coefficient (Wildman–Crippen LogP) is 3.63. The standard InChI is InChI=1S/C18H25N3OS/c1-5-19-18(21-12-16-9-7-14(3)23-16)20-11-15-8-6-13(2)17(10-15)22-4/h6-10H,5,11-12H2,1-4H3,(H2,19,20,21). The first kappa shape index (κ1) is 17.3. The molecular weight excluding hydrogens is 306 g/mol. The lowest BCUT2D eigenvalue weighted by Gasteiger charge is -2.11. The van der Waals surface area contributed by atoms with Gasteiger partial charge in [-0.25, -0.2) is 4.99 Å². The van der Waals surface area contributed by atoms with Crippen LogP contribution in [0.5, 0.6) is 5.75 Å². The predicted molar refractivity (Wildman–Crippen MR) is 98.4 cm³/mol. The number of guanidine groups is 1. The molecule has 2 rings (SSSR count). The molecule has 1 heterocycles. The molecule has 2 N–H and O–H groups in total. The van der Waals surface area contributed by atoms with Crippen LogP contribution >= 0.6 is 11.3 Å². The molecule has 0 spiro atoms. The first-order chi connectivity index (χ1) is 11.1. The van der Waals surface area contributed by atoms with Gasteiger partial charge in [-0.3, -0.25) is 0 Å². The first-order valence-electron chi connectivity index (χ1n) is 7.83. The normalized spacial score (nSPS) is 11.4. The first-order valence-corrected chi connectivity index (χ1v) is 8.65. The van der Waals surface area contributed by atoms with Crippen molar-refractivity contribution in [3.8, 4) is 5.75 Å². The Morgan fingerprint density at radius 2 is 2.00 bits per heavy atom. The fourth-order valence-corrected chi connectivity index (χ4v) is 3.06. The highest BCUT2D eigenvalue weighted by Crippen LogP contribution is 2.19. The van der Waals surface area contributed by atoms with E-state index in [1.54, 1.807) is 7.11 Å². The number of aryl methyl sites for hydroxylation is 2. The zero-order chi connectivity index (χ0) is 16.7. The number of aliphatic imine (C=N–C) groups is 1. The maximum Gasteiger partial charge on any atom is 0.191 e. The van der Waals surface area contributed by atoms with Crippen LogP contribution in [0.15, 0.2) is 35.3 Å². The van der Waals surface area contributed by atoms with Crippen LogP contribution < -0.4 is 15.4 Å². The summed E-state index contributed by atoms with van der Waals surface area (Å²) in [6, 6.07) is 10.5. The number of hydrogen-bond acceptors (Lipinski definition) is 3. The van der Waals surface area contributed by atoms with Crippen LogP contribution in [0.3, 0.4) is 0 Å². The number of ether oxygens (including phenoxy) is 1. The monoisotopic (exact) mass is 331 g/mol. The van der Waals surface area contributed by atoms with Crippen molar-refractivity contribution in [3.63, 3.8) is 0 Å². The zero-order valence-electron chi connectivity index (χ0n) is 14.3. The van der Waals surface area contributed by atoms with E-state index in [2.05, 4.69) is 53.7 Å². The van der Waals surface area contributed by atoms with Crippen molar-refractivity contribution in [2.75, 3.05) is 13.7 Å². The van der Waals surface area contributed by atoms with E-state index in [1.165, 1.54) is 9.75 Å². The highest BCUT2D eigenvalue weighted by molar-refractivity contribution is 7.11. The largest absolute Gasteiger partial charge is 0.496 e. The highest BCUT2D eigenvalue weighted by atomic mass is 32.1. The summed E-state index contributed by atoms with van der Waals surface area (Å²) in [5.74, 6) is 1.74. The summed E-state index contributed by atoms with van der Waals surface area (Å²) in [6.45, 7) is 8.49. The van der Waals surface area contributed by atoms with Crippen molar-refractivity contribution in [2.45, 2.75) is 33.9 Å². The van der Waals surface area contributed by atoms with Crippen molar-refractivity contribution < 1.29 is 4.74 Å². The van der Waals surface area contributed by atoms with E-state index in [1.807, 2.05) is 24.3 Å². The smallest absolute Gasteiger partial charge is 0.191 e. The Balaban J connectivity index is 2.00. The fourth-order valence-electron chi connectivity index (χ4n) is 2.23. The van der Waals surface area contributed by atoms with Crippen LogP contribution in [-0.4, -0.2) is 19.6 Å². The Morgan fingerprint density at radius 3 is 2.65 bits per heavy atom.